The van der Waals surface area contributed by atoms with E-state index in [1.807, 2.05) is 42.5 Å². The van der Waals surface area contributed by atoms with Gasteiger partial charge in [-0.3, -0.25) is 0 Å². The van der Waals surface area contributed by atoms with Gasteiger partial charge in [-0.2, -0.15) is 0 Å². The van der Waals surface area contributed by atoms with E-state index < -0.39 is 0 Å². The zero-order chi connectivity index (χ0) is 16.3. The number of pyridine rings is 1. The Labute approximate surface area is 160 Å². The molecular formula is C18H25IN4O. The molecule has 2 rings (SSSR count). The SMILES string of the molecule is CCCCNC(N)=NCc1cccnc1OCc1ccccc1.I. The molecule has 0 saturated carbocycles. The molecule has 0 radical (unpaired) electrons. The van der Waals surface area contributed by atoms with Crippen molar-refractivity contribution in [2.24, 2.45) is 10.7 Å². The summed E-state index contributed by atoms with van der Waals surface area (Å²) in [4.78, 5) is 8.64. The van der Waals surface area contributed by atoms with Crippen LogP contribution in [0.15, 0.2) is 53.7 Å². The van der Waals surface area contributed by atoms with Gasteiger partial charge in [-0.15, -0.1) is 24.0 Å². The summed E-state index contributed by atoms with van der Waals surface area (Å²) in [5, 5.41) is 3.10. The maximum atomic E-state index is 5.86. The maximum Gasteiger partial charge on any atom is 0.218 e. The first-order valence-electron chi connectivity index (χ1n) is 7.94. The molecule has 0 saturated heterocycles. The third kappa shape index (κ3) is 7.16. The molecule has 1 aromatic heterocycles. The third-order valence-corrected chi connectivity index (χ3v) is 3.32. The van der Waals surface area contributed by atoms with Gasteiger partial charge in [0, 0.05) is 18.3 Å². The molecule has 0 aliphatic rings. The van der Waals surface area contributed by atoms with Crippen LogP contribution in [0.25, 0.3) is 0 Å². The van der Waals surface area contributed by atoms with Gasteiger partial charge in [0.05, 0.1) is 6.54 Å². The first kappa shape index (κ1) is 20.2. The molecule has 2 aromatic rings. The van der Waals surface area contributed by atoms with E-state index in [4.69, 9.17) is 10.5 Å². The first-order valence-corrected chi connectivity index (χ1v) is 7.94. The number of hydrogen-bond acceptors (Lipinski definition) is 3. The van der Waals surface area contributed by atoms with Crippen molar-refractivity contribution < 1.29 is 4.74 Å². The van der Waals surface area contributed by atoms with Gasteiger partial charge in [-0.05, 0) is 18.1 Å². The van der Waals surface area contributed by atoms with Crippen molar-refractivity contribution in [1.82, 2.24) is 10.3 Å². The molecule has 24 heavy (non-hydrogen) atoms. The number of nitrogens with one attached hydrogen (secondary N) is 1. The highest BCUT2D eigenvalue weighted by Gasteiger charge is 2.05. The summed E-state index contributed by atoms with van der Waals surface area (Å²) in [6.07, 6.45) is 3.92. The Balaban J connectivity index is 0.00000288. The monoisotopic (exact) mass is 440 g/mol. The van der Waals surface area contributed by atoms with Gasteiger partial charge in [0.15, 0.2) is 5.96 Å². The smallest absolute Gasteiger partial charge is 0.218 e. The lowest BCUT2D eigenvalue weighted by Crippen LogP contribution is -2.32. The van der Waals surface area contributed by atoms with E-state index >= 15 is 0 Å². The van der Waals surface area contributed by atoms with E-state index in [0.29, 0.717) is 25.0 Å². The Hall–Kier alpha value is -1.83. The second-order valence-electron chi connectivity index (χ2n) is 5.22. The summed E-state index contributed by atoms with van der Waals surface area (Å²) in [7, 11) is 0. The van der Waals surface area contributed by atoms with Crippen LogP contribution >= 0.6 is 24.0 Å². The lowest BCUT2D eigenvalue weighted by Gasteiger charge is -2.09. The van der Waals surface area contributed by atoms with Gasteiger partial charge >= 0.3 is 0 Å². The molecule has 5 nitrogen and oxygen atoms in total. The molecule has 0 atom stereocenters. The van der Waals surface area contributed by atoms with E-state index in [1.54, 1.807) is 6.20 Å². The molecule has 130 valence electrons. The van der Waals surface area contributed by atoms with Crippen molar-refractivity contribution in [2.45, 2.75) is 32.9 Å². The summed E-state index contributed by atoms with van der Waals surface area (Å²) in [6.45, 7) is 3.92. The summed E-state index contributed by atoms with van der Waals surface area (Å²) in [6, 6.07) is 13.8. The fourth-order valence-corrected chi connectivity index (χ4v) is 2.02. The normalized spacial score (nSPS) is 10.8. The highest BCUT2D eigenvalue weighted by Crippen LogP contribution is 2.17. The molecule has 1 heterocycles. The number of hydrogen-bond donors (Lipinski definition) is 2. The average molecular weight is 440 g/mol. The predicted octanol–water partition coefficient (Wildman–Crippen LogP) is 3.48. The van der Waals surface area contributed by atoms with Gasteiger partial charge in [0.1, 0.15) is 6.61 Å². The summed E-state index contributed by atoms with van der Waals surface area (Å²) in [5.74, 6) is 1.05. The van der Waals surface area contributed by atoms with Crippen LogP contribution in [0.2, 0.25) is 0 Å². The molecule has 0 spiro atoms. The zero-order valence-corrected chi connectivity index (χ0v) is 16.3. The largest absolute Gasteiger partial charge is 0.473 e. The van der Waals surface area contributed by atoms with E-state index in [0.717, 1.165) is 30.5 Å². The van der Waals surface area contributed by atoms with Crippen LogP contribution < -0.4 is 15.8 Å². The first-order chi connectivity index (χ1) is 11.3. The Kier molecular flexibility index (Phi) is 9.83. The van der Waals surface area contributed by atoms with Crippen LogP contribution in [0.3, 0.4) is 0 Å². The van der Waals surface area contributed by atoms with E-state index in [-0.39, 0.29) is 24.0 Å². The lowest BCUT2D eigenvalue weighted by atomic mass is 10.2. The predicted molar refractivity (Wildman–Crippen MR) is 109 cm³/mol. The number of nitrogens with two attached hydrogens (primary N) is 1. The molecule has 0 unspecified atom stereocenters. The zero-order valence-electron chi connectivity index (χ0n) is 13.9. The van der Waals surface area contributed by atoms with E-state index in [1.165, 1.54) is 0 Å². The van der Waals surface area contributed by atoms with E-state index in [2.05, 4.69) is 22.2 Å². The number of halogens is 1. The highest BCUT2D eigenvalue weighted by molar-refractivity contribution is 14.0. The Morgan fingerprint density at radius 2 is 2.00 bits per heavy atom. The maximum absolute atomic E-state index is 5.86. The number of guanidine groups is 1. The lowest BCUT2D eigenvalue weighted by molar-refractivity contribution is 0.290. The Morgan fingerprint density at radius 3 is 2.75 bits per heavy atom. The Bertz CT molecular complexity index is 619. The molecule has 0 aliphatic carbocycles. The molecule has 0 amide bonds. The number of aliphatic imine (C=N–C) groups is 1. The van der Waals surface area contributed by atoms with Crippen molar-refractivity contribution >= 4 is 29.9 Å². The minimum atomic E-state index is 0. The van der Waals surface area contributed by atoms with Gasteiger partial charge in [-0.25, -0.2) is 9.98 Å². The number of unbranched alkanes of at least 4 members (excludes halogenated alkanes) is 1. The summed E-state index contributed by atoms with van der Waals surface area (Å²) < 4.78 is 5.81. The molecule has 0 aliphatic heterocycles. The number of nitrogens with zero attached hydrogens (tertiary/aromatic N) is 2. The van der Waals surface area contributed by atoms with Crippen molar-refractivity contribution in [2.75, 3.05) is 6.54 Å². The van der Waals surface area contributed by atoms with Gasteiger partial charge in [0.25, 0.3) is 0 Å². The van der Waals surface area contributed by atoms with Gasteiger partial charge < -0.3 is 15.8 Å². The highest BCUT2D eigenvalue weighted by atomic mass is 127. The van der Waals surface area contributed by atoms with Gasteiger partial charge in [0.2, 0.25) is 5.88 Å². The fourth-order valence-electron chi connectivity index (χ4n) is 2.02. The Morgan fingerprint density at radius 1 is 1.21 bits per heavy atom. The van der Waals surface area contributed by atoms with Crippen LogP contribution in [0, 0.1) is 0 Å². The van der Waals surface area contributed by atoms with Crippen LogP contribution in [0.5, 0.6) is 5.88 Å². The average Bonchev–Trinajstić information content (AvgIpc) is 2.60. The topological polar surface area (TPSA) is 72.5 Å². The molecule has 6 heteroatoms. The minimum absolute atomic E-state index is 0. The summed E-state index contributed by atoms with van der Waals surface area (Å²) >= 11 is 0. The summed E-state index contributed by atoms with van der Waals surface area (Å²) in [5.41, 5.74) is 7.88. The quantitative estimate of drug-likeness (QED) is 0.285. The standard InChI is InChI=1S/C18H24N4O.HI/c1-2-3-11-21-18(19)22-13-16-10-7-12-20-17(16)23-14-15-8-5-4-6-9-15;/h4-10,12H,2-3,11,13-14H2,1H3,(H3,19,21,22);1H. The van der Waals surface area contributed by atoms with Gasteiger partial charge in [-0.1, -0.05) is 49.7 Å². The van der Waals surface area contributed by atoms with E-state index in [9.17, 15) is 0 Å². The van der Waals surface area contributed by atoms with Crippen LogP contribution in [-0.2, 0) is 13.2 Å². The molecule has 0 fully saturated rings. The van der Waals surface area contributed by atoms with Crippen LogP contribution in [0.4, 0.5) is 0 Å². The second-order valence-corrected chi connectivity index (χ2v) is 5.22. The van der Waals surface area contributed by atoms with Crippen LogP contribution in [0.1, 0.15) is 30.9 Å². The number of aromatic nitrogens is 1. The third-order valence-electron chi connectivity index (χ3n) is 3.32. The molecule has 1 aromatic carbocycles. The second kappa shape index (κ2) is 11.7. The molecule has 3 N–H and O–H groups in total. The van der Waals surface area contributed by atoms with Crippen molar-refractivity contribution in [3.05, 3.63) is 59.8 Å². The van der Waals surface area contributed by atoms with Crippen molar-refractivity contribution in [1.29, 1.82) is 0 Å². The fraction of sp³-hybridized carbons (Fsp3) is 0.333. The molecular weight excluding hydrogens is 415 g/mol. The van der Waals surface area contributed by atoms with Crippen molar-refractivity contribution in [3.63, 3.8) is 0 Å². The van der Waals surface area contributed by atoms with Crippen molar-refractivity contribution in [3.8, 4) is 5.88 Å². The minimum Gasteiger partial charge on any atom is -0.473 e. The number of benzene rings is 1. The molecule has 0 bridgehead atoms. The number of rotatable bonds is 8. The number of ether oxygens (including phenoxy) is 1. The van der Waals surface area contributed by atoms with Crippen LogP contribution in [-0.4, -0.2) is 17.5 Å².